The van der Waals surface area contributed by atoms with Crippen molar-refractivity contribution in [1.82, 2.24) is 9.13 Å². The van der Waals surface area contributed by atoms with Gasteiger partial charge in [0.2, 0.25) is 5.91 Å². The number of amides is 1. The van der Waals surface area contributed by atoms with Gasteiger partial charge in [0.25, 0.3) is 5.56 Å². The minimum absolute atomic E-state index is 0.217. The third-order valence-electron chi connectivity index (χ3n) is 3.07. The largest absolute Gasteiger partial charge is 0.368 e. The number of hydrogen-bond donors (Lipinski definition) is 1. The molecule has 0 aromatic carbocycles. The standard InChI is InChI=1S/C13H17N3O3S/c1-7(2)4-8-6-20-12-10(8)11(18)15(3)13(19)16(12)5-9(14)17/h6-7H,4-5H2,1-3H3,(H2,14,17). The molecular formula is C13H17N3O3S. The van der Waals surface area contributed by atoms with Crippen molar-refractivity contribution < 1.29 is 4.79 Å². The number of thiophene rings is 1. The summed E-state index contributed by atoms with van der Waals surface area (Å²) < 4.78 is 2.30. The molecule has 0 saturated heterocycles. The Morgan fingerprint density at radius 3 is 2.60 bits per heavy atom. The van der Waals surface area contributed by atoms with E-state index in [9.17, 15) is 14.4 Å². The van der Waals surface area contributed by atoms with Gasteiger partial charge in [0, 0.05) is 7.05 Å². The second-order valence-electron chi connectivity index (χ2n) is 5.24. The van der Waals surface area contributed by atoms with Crippen LogP contribution in [0.4, 0.5) is 0 Å². The average Bonchev–Trinajstić information content (AvgIpc) is 2.74. The maximum atomic E-state index is 12.3. The van der Waals surface area contributed by atoms with Gasteiger partial charge in [-0.25, -0.2) is 4.79 Å². The van der Waals surface area contributed by atoms with Gasteiger partial charge in [-0.1, -0.05) is 13.8 Å². The molecule has 2 aromatic rings. The Hall–Kier alpha value is -1.89. The molecule has 0 bridgehead atoms. The molecule has 0 unspecified atom stereocenters. The Kier molecular flexibility index (Phi) is 3.80. The molecule has 2 rings (SSSR count). The van der Waals surface area contributed by atoms with Crippen molar-refractivity contribution in [1.29, 1.82) is 0 Å². The predicted octanol–water partition coefficient (Wildman–Crippen LogP) is 0.446. The highest BCUT2D eigenvalue weighted by Gasteiger charge is 2.17. The zero-order valence-corrected chi connectivity index (χ0v) is 12.5. The maximum absolute atomic E-state index is 12.3. The van der Waals surface area contributed by atoms with Crippen LogP contribution in [0.15, 0.2) is 15.0 Å². The molecule has 1 amide bonds. The number of carbonyl (C=O) groups is 1. The van der Waals surface area contributed by atoms with Gasteiger partial charge in [-0.05, 0) is 23.3 Å². The minimum Gasteiger partial charge on any atom is -0.368 e. The van der Waals surface area contributed by atoms with E-state index in [2.05, 4.69) is 13.8 Å². The molecule has 2 N–H and O–H groups in total. The zero-order chi connectivity index (χ0) is 15.0. The number of carbonyl (C=O) groups excluding carboxylic acids is 1. The van der Waals surface area contributed by atoms with Crippen LogP contribution >= 0.6 is 11.3 Å². The summed E-state index contributed by atoms with van der Waals surface area (Å²) in [4.78, 5) is 36.0. The van der Waals surface area contributed by atoms with Gasteiger partial charge < -0.3 is 5.73 Å². The maximum Gasteiger partial charge on any atom is 0.332 e. The monoisotopic (exact) mass is 295 g/mol. The summed E-state index contributed by atoms with van der Waals surface area (Å²) in [6, 6.07) is 0. The van der Waals surface area contributed by atoms with E-state index in [0.717, 1.165) is 16.6 Å². The van der Waals surface area contributed by atoms with E-state index in [1.54, 1.807) is 0 Å². The van der Waals surface area contributed by atoms with Crippen LogP contribution in [-0.2, 0) is 24.8 Å². The Bertz CT molecular complexity index is 782. The molecule has 7 heteroatoms. The van der Waals surface area contributed by atoms with Gasteiger partial charge in [0.15, 0.2) is 0 Å². The Morgan fingerprint density at radius 1 is 1.40 bits per heavy atom. The van der Waals surface area contributed by atoms with Crippen LogP contribution in [0, 0.1) is 5.92 Å². The molecular weight excluding hydrogens is 278 g/mol. The van der Waals surface area contributed by atoms with Crippen LogP contribution in [0.2, 0.25) is 0 Å². The number of nitrogens with zero attached hydrogens (tertiary/aromatic N) is 2. The molecule has 0 fully saturated rings. The van der Waals surface area contributed by atoms with E-state index in [-0.39, 0.29) is 12.1 Å². The minimum atomic E-state index is -0.606. The Balaban J connectivity index is 2.81. The predicted molar refractivity (Wildman–Crippen MR) is 79.1 cm³/mol. The van der Waals surface area contributed by atoms with Crippen LogP contribution in [0.25, 0.3) is 10.2 Å². The van der Waals surface area contributed by atoms with Crippen LogP contribution in [-0.4, -0.2) is 15.0 Å². The van der Waals surface area contributed by atoms with Gasteiger partial charge in [-0.15, -0.1) is 11.3 Å². The van der Waals surface area contributed by atoms with E-state index in [1.165, 1.54) is 23.0 Å². The van der Waals surface area contributed by atoms with E-state index in [0.29, 0.717) is 16.1 Å². The third-order valence-corrected chi connectivity index (χ3v) is 4.12. The highest BCUT2D eigenvalue weighted by molar-refractivity contribution is 7.17. The first kappa shape index (κ1) is 14.5. The molecule has 20 heavy (non-hydrogen) atoms. The first-order valence-corrected chi connectivity index (χ1v) is 7.19. The number of primary amides is 1. The fraction of sp³-hybridized carbons (Fsp3) is 0.462. The first-order valence-electron chi connectivity index (χ1n) is 6.31. The number of rotatable bonds is 4. The number of aromatic nitrogens is 2. The molecule has 2 aromatic heterocycles. The van der Waals surface area contributed by atoms with Crippen molar-refractivity contribution in [3.63, 3.8) is 0 Å². The summed E-state index contributed by atoms with van der Waals surface area (Å²) in [6.07, 6.45) is 0.754. The summed E-state index contributed by atoms with van der Waals surface area (Å²) >= 11 is 1.30. The molecule has 6 nitrogen and oxygen atoms in total. The zero-order valence-electron chi connectivity index (χ0n) is 11.7. The molecule has 0 aliphatic rings. The van der Waals surface area contributed by atoms with Crippen molar-refractivity contribution in [3.8, 4) is 0 Å². The second-order valence-corrected chi connectivity index (χ2v) is 6.10. The van der Waals surface area contributed by atoms with E-state index >= 15 is 0 Å². The average molecular weight is 295 g/mol. The molecule has 0 saturated carbocycles. The summed E-state index contributed by atoms with van der Waals surface area (Å²) in [5, 5.41) is 2.40. The SMILES string of the molecule is CC(C)Cc1csc2c1c(=O)n(C)c(=O)n2CC(N)=O. The fourth-order valence-electron chi connectivity index (χ4n) is 2.22. The topological polar surface area (TPSA) is 87.1 Å². The van der Waals surface area contributed by atoms with Crippen molar-refractivity contribution in [2.24, 2.45) is 18.7 Å². The molecule has 0 spiro atoms. The lowest BCUT2D eigenvalue weighted by Crippen LogP contribution is -2.40. The van der Waals surface area contributed by atoms with E-state index < -0.39 is 11.6 Å². The number of fused-ring (bicyclic) bond motifs is 1. The fourth-order valence-corrected chi connectivity index (χ4v) is 3.29. The van der Waals surface area contributed by atoms with Crippen LogP contribution < -0.4 is 17.0 Å². The number of hydrogen-bond acceptors (Lipinski definition) is 4. The first-order chi connectivity index (χ1) is 9.32. The van der Waals surface area contributed by atoms with Crippen LogP contribution in [0.3, 0.4) is 0 Å². The lowest BCUT2D eigenvalue weighted by Gasteiger charge is -2.08. The highest BCUT2D eigenvalue weighted by Crippen LogP contribution is 2.24. The van der Waals surface area contributed by atoms with Crippen molar-refractivity contribution in [3.05, 3.63) is 31.8 Å². The Morgan fingerprint density at radius 2 is 2.05 bits per heavy atom. The van der Waals surface area contributed by atoms with Crippen molar-refractivity contribution >= 4 is 27.5 Å². The molecule has 0 radical (unpaired) electrons. The normalized spacial score (nSPS) is 11.4. The molecule has 0 atom stereocenters. The Labute approximate surface area is 119 Å². The molecule has 2 heterocycles. The van der Waals surface area contributed by atoms with Gasteiger partial charge in [-0.3, -0.25) is 18.7 Å². The lowest BCUT2D eigenvalue weighted by molar-refractivity contribution is -0.118. The van der Waals surface area contributed by atoms with Gasteiger partial charge in [0.05, 0.1) is 5.39 Å². The molecule has 108 valence electrons. The third kappa shape index (κ3) is 2.40. The van der Waals surface area contributed by atoms with Gasteiger partial charge in [-0.2, -0.15) is 0 Å². The molecule has 0 aliphatic carbocycles. The van der Waals surface area contributed by atoms with Gasteiger partial charge in [0.1, 0.15) is 11.4 Å². The van der Waals surface area contributed by atoms with Gasteiger partial charge >= 0.3 is 5.69 Å². The quantitative estimate of drug-likeness (QED) is 0.888. The second kappa shape index (κ2) is 5.24. The van der Waals surface area contributed by atoms with Crippen molar-refractivity contribution in [2.45, 2.75) is 26.8 Å². The summed E-state index contributed by atoms with van der Waals surface area (Å²) in [6.45, 7) is 3.91. The summed E-state index contributed by atoms with van der Waals surface area (Å²) in [5.74, 6) is -0.208. The summed E-state index contributed by atoms with van der Waals surface area (Å²) in [7, 11) is 1.42. The smallest absolute Gasteiger partial charge is 0.332 e. The van der Waals surface area contributed by atoms with E-state index in [4.69, 9.17) is 5.73 Å². The molecule has 0 aliphatic heterocycles. The lowest BCUT2D eigenvalue weighted by atomic mass is 10.0. The highest BCUT2D eigenvalue weighted by atomic mass is 32.1. The van der Waals surface area contributed by atoms with Crippen molar-refractivity contribution in [2.75, 3.05) is 0 Å². The number of nitrogens with two attached hydrogens (primary N) is 1. The summed E-state index contributed by atoms with van der Waals surface area (Å²) in [5.41, 5.74) is 5.26. The van der Waals surface area contributed by atoms with E-state index in [1.807, 2.05) is 5.38 Å². The van der Waals surface area contributed by atoms with Crippen LogP contribution in [0.1, 0.15) is 19.4 Å². The van der Waals surface area contributed by atoms with Crippen LogP contribution in [0.5, 0.6) is 0 Å².